The first kappa shape index (κ1) is 17.7. The van der Waals surface area contributed by atoms with Crippen molar-refractivity contribution in [1.29, 1.82) is 0 Å². The number of ketones is 1. The molecule has 6 heteroatoms. The lowest BCUT2D eigenvalue weighted by Crippen LogP contribution is -2.29. The zero-order chi connectivity index (χ0) is 19.7. The van der Waals surface area contributed by atoms with Crippen molar-refractivity contribution < 1.29 is 19.1 Å². The number of carbonyl (C=O) groups is 2. The first-order valence-corrected chi connectivity index (χ1v) is 8.85. The van der Waals surface area contributed by atoms with Crippen molar-refractivity contribution >= 4 is 17.4 Å². The second kappa shape index (κ2) is 7.15. The van der Waals surface area contributed by atoms with Crippen LogP contribution in [0.1, 0.15) is 28.6 Å². The van der Waals surface area contributed by atoms with Gasteiger partial charge < -0.3 is 14.4 Å². The first-order chi connectivity index (χ1) is 13.6. The summed E-state index contributed by atoms with van der Waals surface area (Å²) >= 11 is 0. The van der Waals surface area contributed by atoms with Gasteiger partial charge in [-0.25, -0.2) is 0 Å². The minimum absolute atomic E-state index is 0.0270. The minimum atomic E-state index is -0.799. The third-order valence-corrected chi connectivity index (χ3v) is 4.74. The number of likely N-dealkylation sites (tertiary alicyclic amines) is 1. The van der Waals surface area contributed by atoms with Gasteiger partial charge in [0.25, 0.3) is 11.7 Å². The van der Waals surface area contributed by atoms with E-state index in [1.54, 1.807) is 48.7 Å². The summed E-state index contributed by atoms with van der Waals surface area (Å²) in [6.45, 7) is 2.03. The molecule has 1 aromatic carbocycles. The highest BCUT2D eigenvalue weighted by Gasteiger charge is 2.47. The Morgan fingerprint density at radius 1 is 1.11 bits per heavy atom. The summed E-state index contributed by atoms with van der Waals surface area (Å²) in [4.78, 5) is 31.3. The van der Waals surface area contributed by atoms with E-state index in [9.17, 15) is 14.7 Å². The average molecular weight is 374 g/mol. The van der Waals surface area contributed by atoms with E-state index < -0.39 is 17.7 Å². The Kier molecular flexibility index (Phi) is 4.53. The Labute approximate surface area is 161 Å². The fraction of sp³-hybridized carbons (Fsp3) is 0.136. The molecular weight excluding hydrogens is 356 g/mol. The van der Waals surface area contributed by atoms with E-state index in [1.807, 2.05) is 19.1 Å². The lowest BCUT2D eigenvalue weighted by atomic mass is 9.98. The monoisotopic (exact) mass is 374 g/mol. The van der Waals surface area contributed by atoms with Crippen LogP contribution in [0.2, 0.25) is 0 Å². The fourth-order valence-corrected chi connectivity index (χ4v) is 3.33. The number of carbonyl (C=O) groups excluding carboxylic acids is 2. The number of rotatable bonds is 4. The molecule has 6 nitrogen and oxygen atoms in total. The molecule has 0 saturated carbocycles. The molecule has 3 aromatic rings. The summed E-state index contributed by atoms with van der Waals surface area (Å²) in [5.41, 5.74) is 2.03. The van der Waals surface area contributed by atoms with E-state index in [0.717, 1.165) is 5.56 Å². The van der Waals surface area contributed by atoms with Crippen molar-refractivity contribution in [1.82, 2.24) is 9.88 Å². The van der Waals surface area contributed by atoms with Crippen LogP contribution in [-0.4, -0.2) is 26.7 Å². The van der Waals surface area contributed by atoms with E-state index in [0.29, 0.717) is 17.0 Å². The molecule has 3 heterocycles. The molecule has 28 heavy (non-hydrogen) atoms. The standard InChI is InChI=1S/C22H18N2O4/c1-14-7-9-15(10-8-14)20(25)18-19(17-6-2-3-11-23-17)24(22(27)21(18)26)13-16-5-4-12-28-16/h2-12,19,25H,13H2,1H3/b20-18-. The molecule has 1 fully saturated rings. The highest BCUT2D eigenvalue weighted by atomic mass is 16.3. The molecule has 0 aliphatic carbocycles. The molecule has 1 saturated heterocycles. The molecular formula is C22H18N2O4. The number of amides is 1. The zero-order valence-corrected chi connectivity index (χ0v) is 15.2. The number of hydrogen-bond acceptors (Lipinski definition) is 5. The number of aliphatic hydroxyl groups is 1. The smallest absolute Gasteiger partial charge is 0.296 e. The number of aromatic nitrogens is 1. The van der Waals surface area contributed by atoms with E-state index >= 15 is 0 Å². The summed E-state index contributed by atoms with van der Waals surface area (Å²) in [6.07, 6.45) is 3.10. The molecule has 2 aromatic heterocycles. The van der Waals surface area contributed by atoms with Gasteiger partial charge in [0.1, 0.15) is 17.6 Å². The third-order valence-electron chi connectivity index (χ3n) is 4.74. The van der Waals surface area contributed by atoms with Crippen LogP contribution >= 0.6 is 0 Å². The van der Waals surface area contributed by atoms with E-state index in [4.69, 9.17) is 4.42 Å². The van der Waals surface area contributed by atoms with Gasteiger partial charge in [-0.1, -0.05) is 35.9 Å². The number of hydrogen-bond donors (Lipinski definition) is 1. The Hall–Kier alpha value is -3.67. The molecule has 140 valence electrons. The van der Waals surface area contributed by atoms with Crippen molar-refractivity contribution in [2.75, 3.05) is 0 Å². The second-order valence-corrected chi connectivity index (χ2v) is 6.63. The van der Waals surface area contributed by atoms with E-state index in [-0.39, 0.29) is 17.9 Å². The molecule has 1 unspecified atom stereocenters. The summed E-state index contributed by atoms with van der Waals surface area (Å²) in [5, 5.41) is 10.9. The number of furan rings is 1. The van der Waals surface area contributed by atoms with Crippen molar-refractivity contribution in [2.45, 2.75) is 19.5 Å². The van der Waals surface area contributed by atoms with Crippen LogP contribution in [0.5, 0.6) is 0 Å². The van der Waals surface area contributed by atoms with Gasteiger partial charge >= 0.3 is 0 Å². The van der Waals surface area contributed by atoms with Crippen LogP contribution in [0.3, 0.4) is 0 Å². The Bertz CT molecular complexity index is 1040. The third kappa shape index (κ3) is 3.09. The van der Waals surface area contributed by atoms with Crippen molar-refractivity contribution in [2.24, 2.45) is 0 Å². The average Bonchev–Trinajstić information content (AvgIpc) is 3.31. The number of Topliss-reactive ketones (excluding diaryl/α,β-unsaturated/α-hetero) is 1. The Balaban J connectivity index is 1.85. The molecule has 1 aliphatic heterocycles. The molecule has 0 radical (unpaired) electrons. The minimum Gasteiger partial charge on any atom is -0.507 e. The first-order valence-electron chi connectivity index (χ1n) is 8.85. The van der Waals surface area contributed by atoms with Crippen LogP contribution < -0.4 is 0 Å². The fourth-order valence-electron chi connectivity index (χ4n) is 3.33. The van der Waals surface area contributed by atoms with Gasteiger partial charge in [0, 0.05) is 11.8 Å². The summed E-state index contributed by atoms with van der Waals surface area (Å²) in [7, 11) is 0. The van der Waals surface area contributed by atoms with Crippen LogP contribution in [0, 0.1) is 6.92 Å². The molecule has 0 spiro atoms. The Morgan fingerprint density at radius 3 is 2.54 bits per heavy atom. The predicted octanol–water partition coefficient (Wildman–Crippen LogP) is 3.60. The molecule has 1 amide bonds. The highest BCUT2D eigenvalue weighted by Crippen LogP contribution is 2.39. The molecule has 1 aliphatic rings. The van der Waals surface area contributed by atoms with Gasteiger partial charge in [0.05, 0.1) is 24.1 Å². The van der Waals surface area contributed by atoms with Gasteiger partial charge in [-0.05, 0) is 31.2 Å². The highest BCUT2D eigenvalue weighted by molar-refractivity contribution is 6.46. The summed E-state index contributed by atoms with van der Waals surface area (Å²) in [5.74, 6) is -1.10. The normalized spacial score (nSPS) is 18.6. The maximum absolute atomic E-state index is 12.8. The summed E-state index contributed by atoms with van der Waals surface area (Å²) < 4.78 is 5.35. The SMILES string of the molecule is Cc1ccc(/C(O)=C2/C(=O)C(=O)N(Cc3ccco3)C2c2ccccn2)cc1. The van der Waals surface area contributed by atoms with Gasteiger partial charge in [-0.2, -0.15) is 0 Å². The second-order valence-electron chi connectivity index (χ2n) is 6.63. The predicted molar refractivity (Wildman–Crippen MR) is 102 cm³/mol. The number of benzene rings is 1. The molecule has 0 bridgehead atoms. The number of aliphatic hydroxyl groups excluding tert-OH is 1. The van der Waals surface area contributed by atoms with Crippen LogP contribution in [0.15, 0.2) is 77.0 Å². The maximum Gasteiger partial charge on any atom is 0.296 e. The van der Waals surface area contributed by atoms with Crippen LogP contribution in [0.25, 0.3) is 5.76 Å². The largest absolute Gasteiger partial charge is 0.507 e. The maximum atomic E-state index is 12.8. The van der Waals surface area contributed by atoms with Crippen LogP contribution in [-0.2, 0) is 16.1 Å². The molecule has 1 atom stereocenters. The lowest BCUT2D eigenvalue weighted by molar-refractivity contribution is -0.140. The quantitative estimate of drug-likeness (QED) is 0.428. The van der Waals surface area contributed by atoms with E-state index in [1.165, 1.54) is 11.2 Å². The zero-order valence-electron chi connectivity index (χ0n) is 15.2. The molecule has 1 N–H and O–H groups in total. The lowest BCUT2D eigenvalue weighted by Gasteiger charge is -2.23. The van der Waals surface area contributed by atoms with E-state index in [2.05, 4.69) is 4.98 Å². The Morgan fingerprint density at radius 2 is 1.89 bits per heavy atom. The van der Waals surface area contributed by atoms with Gasteiger partial charge in [0.2, 0.25) is 0 Å². The summed E-state index contributed by atoms with van der Waals surface area (Å²) in [6, 6.07) is 15.0. The van der Waals surface area contributed by atoms with Gasteiger partial charge in [-0.15, -0.1) is 0 Å². The van der Waals surface area contributed by atoms with Crippen LogP contribution in [0.4, 0.5) is 0 Å². The topological polar surface area (TPSA) is 83.6 Å². The van der Waals surface area contributed by atoms with Crippen molar-refractivity contribution in [3.63, 3.8) is 0 Å². The number of aryl methyl sites for hydroxylation is 1. The number of nitrogens with zero attached hydrogens (tertiary/aromatic N) is 2. The number of pyridine rings is 1. The van der Waals surface area contributed by atoms with Gasteiger partial charge in [0.15, 0.2) is 0 Å². The molecule has 4 rings (SSSR count). The van der Waals surface area contributed by atoms with Crippen molar-refractivity contribution in [3.8, 4) is 0 Å². The van der Waals surface area contributed by atoms with Gasteiger partial charge in [-0.3, -0.25) is 14.6 Å². The van der Waals surface area contributed by atoms with Crippen molar-refractivity contribution in [3.05, 3.63) is 95.2 Å².